The van der Waals surface area contributed by atoms with Crippen LogP contribution in [0.3, 0.4) is 0 Å². The molecule has 4 aromatic carbocycles. The van der Waals surface area contributed by atoms with E-state index in [0.717, 1.165) is 53.0 Å². The van der Waals surface area contributed by atoms with Crippen LogP contribution in [-0.4, -0.2) is 6.54 Å². The van der Waals surface area contributed by atoms with Crippen LogP contribution in [0, 0.1) is 0 Å². The Morgan fingerprint density at radius 2 is 1.67 bits per heavy atom. The predicted octanol–water partition coefficient (Wildman–Crippen LogP) is 14.0. The quantitative estimate of drug-likeness (QED) is 0.136. The lowest BCUT2D eigenvalue weighted by atomic mass is 9.81. The van der Waals surface area contributed by atoms with Crippen LogP contribution in [0.1, 0.15) is 69.7 Å². The van der Waals surface area contributed by atoms with Gasteiger partial charge in [-0.1, -0.05) is 185 Å². The van der Waals surface area contributed by atoms with Crippen molar-refractivity contribution in [3.8, 4) is 5.75 Å². The molecule has 0 spiro atoms. The van der Waals surface area contributed by atoms with Crippen molar-refractivity contribution in [1.82, 2.24) is 0 Å². The minimum absolute atomic E-state index is 0.150. The van der Waals surface area contributed by atoms with Crippen molar-refractivity contribution >= 4 is 27.6 Å². The zero-order valence-electron chi connectivity index (χ0n) is 32.6. The van der Waals surface area contributed by atoms with Gasteiger partial charge in [0.1, 0.15) is 11.5 Å². The van der Waals surface area contributed by atoms with Crippen molar-refractivity contribution in [3.63, 3.8) is 0 Å². The van der Waals surface area contributed by atoms with Gasteiger partial charge in [0.25, 0.3) is 0 Å². The summed E-state index contributed by atoms with van der Waals surface area (Å²) < 4.78 is 6.90. The van der Waals surface area contributed by atoms with E-state index in [1.807, 2.05) is 6.08 Å². The van der Waals surface area contributed by atoms with Gasteiger partial charge in [0.05, 0.1) is 0 Å². The van der Waals surface area contributed by atoms with E-state index in [2.05, 4.69) is 204 Å². The highest BCUT2D eigenvalue weighted by Crippen LogP contribution is 2.50. The Morgan fingerprint density at radius 3 is 2.48 bits per heavy atom. The fourth-order valence-electron chi connectivity index (χ4n) is 7.59. The molecule has 0 atom stereocenters. The molecule has 4 aromatic rings. The highest BCUT2D eigenvalue weighted by molar-refractivity contribution is 5.95. The van der Waals surface area contributed by atoms with Crippen LogP contribution in [0.25, 0.3) is 21.9 Å². The molecule has 54 heavy (non-hydrogen) atoms. The fourth-order valence-corrected chi connectivity index (χ4v) is 7.59. The van der Waals surface area contributed by atoms with Crippen LogP contribution >= 0.6 is 0 Å². The summed E-state index contributed by atoms with van der Waals surface area (Å²) in [5.41, 5.74) is 11.4. The number of anilines is 1. The third-order valence-corrected chi connectivity index (χ3v) is 10.4. The van der Waals surface area contributed by atoms with Crippen LogP contribution in [-0.2, 0) is 11.8 Å². The second-order valence-electron chi connectivity index (χ2n) is 14.4. The number of rotatable bonds is 12. The van der Waals surface area contributed by atoms with Gasteiger partial charge in [-0.05, 0) is 78.5 Å². The molecule has 0 amide bonds. The first-order valence-corrected chi connectivity index (χ1v) is 19.2. The maximum absolute atomic E-state index is 6.90. The zero-order valence-corrected chi connectivity index (χ0v) is 32.6. The van der Waals surface area contributed by atoms with Crippen LogP contribution in [0.2, 0.25) is 0 Å². The molecule has 1 aliphatic heterocycles. The molecule has 2 aliphatic rings. The summed E-state index contributed by atoms with van der Waals surface area (Å²) in [5.74, 6) is 1.50. The Kier molecular flexibility index (Phi) is 12.1. The number of nitrogens with zero attached hydrogens (tertiary/aromatic N) is 1. The van der Waals surface area contributed by atoms with E-state index in [1.165, 1.54) is 38.7 Å². The molecule has 0 unspecified atom stereocenters. The maximum atomic E-state index is 6.90. The summed E-state index contributed by atoms with van der Waals surface area (Å²) in [5, 5.41) is 2.43. The van der Waals surface area contributed by atoms with Gasteiger partial charge in [-0.15, -0.1) is 0 Å². The second kappa shape index (κ2) is 17.3. The molecule has 272 valence electrons. The lowest BCUT2D eigenvalue weighted by Gasteiger charge is -2.26. The van der Waals surface area contributed by atoms with Gasteiger partial charge in [0, 0.05) is 39.9 Å². The van der Waals surface area contributed by atoms with Crippen molar-refractivity contribution in [3.05, 3.63) is 216 Å². The molecule has 0 fully saturated rings. The topological polar surface area (TPSA) is 12.5 Å². The van der Waals surface area contributed by atoms with Crippen LogP contribution < -0.4 is 9.64 Å². The molecule has 0 bridgehead atoms. The van der Waals surface area contributed by atoms with Gasteiger partial charge in [0.2, 0.25) is 0 Å². The third kappa shape index (κ3) is 8.04. The fraction of sp³-hybridized carbons (Fsp3) is 0.192. The molecule has 2 heteroatoms. The molecule has 1 aliphatic carbocycles. The van der Waals surface area contributed by atoms with E-state index >= 15 is 0 Å². The van der Waals surface area contributed by atoms with Crippen molar-refractivity contribution in [1.29, 1.82) is 0 Å². The van der Waals surface area contributed by atoms with Crippen molar-refractivity contribution in [2.24, 2.45) is 0 Å². The number of benzene rings is 4. The number of para-hydroxylation sites is 1. The molecule has 0 saturated carbocycles. The van der Waals surface area contributed by atoms with Gasteiger partial charge in [-0.2, -0.15) is 0 Å². The summed E-state index contributed by atoms with van der Waals surface area (Å²) in [6, 6.07) is 30.2. The van der Waals surface area contributed by atoms with E-state index in [1.54, 1.807) is 0 Å². The minimum atomic E-state index is -0.150. The van der Waals surface area contributed by atoms with E-state index in [-0.39, 0.29) is 5.41 Å². The van der Waals surface area contributed by atoms with Gasteiger partial charge in [-0.3, -0.25) is 0 Å². The van der Waals surface area contributed by atoms with Gasteiger partial charge < -0.3 is 9.64 Å². The molecule has 1 heterocycles. The maximum Gasteiger partial charge on any atom is 0.138 e. The number of fused-ring (bicyclic) bond motifs is 4. The second-order valence-corrected chi connectivity index (χ2v) is 14.4. The average Bonchev–Trinajstić information content (AvgIpc) is 3.44. The van der Waals surface area contributed by atoms with Gasteiger partial charge in [-0.25, -0.2) is 0 Å². The Morgan fingerprint density at radius 1 is 0.889 bits per heavy atom. The van der Waals surface area contributed by atoms with Crippen LogP contribution in [0.15, 0.2) is 194 Å². The normalized spacial score (nSPS) is 16.6. The molecular weight excluding hydrogens is 655 g/mol. The lowest BCUT2D eigenvalue weighted by Crippen LogP contribution is -2.22. The summed E-state index contributed by atoms with van der Waals surface area (Å²) in [6.45, 7) is 20.3. The summed E-state index contributed by atoms with van der Waals surface area (Å²) in [7, 11) is 0. The molecule has 0 radical (unpaired) electrons. The van der Waals surface area contributed by atoms with Crippen molar-refractivity contribution < 1.29 is 4.74 Å². The SMILES string of the molecule is C=C/C=C(\C=C/CN(C(/C=C\C/C(C)=C/C=C\CC)=C/C)c1cccc2ccccc12)c1cccc2c1OC(=C)C1=C(/C=C\C2)C(C)(C)c2ccccc21. The van der Waals surface area contributed by atoms with Gasteiger partial charge in [0.15, 0.2) is 0 Å². The summed E-state index contributed by atoms with van der Waals surface area (Å²) >= 11 is 0. The molecule has 0 saturated heterocycles. The minimum Gasteiger partial charge on any atom is -0.456 e. The number of hydrogen-bond donors (Lipinski definition) is 0. The van der Waals surface area contributed by atoms with E-state index in [9.17, 15) is 0 Å². The molecule has 0 aromatic heterocycles. The first-order valence-electron chi connectivity index (χ1n) is 19.2. The predicted molar refractivity (Wildman–Crippen MR) is 235 cm³/mol. The highest BCUT2D eigenvalue weighted by Gasteiger charge is 2.38. The van der Waals surface area contributed by atoms with E-state index in [0.29, 0.717) is 12.3 Å². The van der Waals surface area contributed by atoms with Crippen molar-refractivity contribution in [2.75, 3.05) is 11.4 Å². The third-order valence-electron chi connectivity index (χ3n) is 10.4. The Labute approximate surface area is 323 Å². The van der Waals surface area contributed by atoms with Crippen LogP contribution in [0.4, 0.5) is 5.69 Å². The number of allylic oxidation sites excluding steroid dienone is 15. The Balaban J connectivity index is 1.34. The largest absolute Gasteiger partial charge is 0.456 e. The van der Waals surface area contributed by atoms with Crippen molar-refractivity contribution in [2.45, 2.75) is 59.3 Å². The number of hydrogen-bond acceptors (Lipinski definition) is 2. The summed E-state index contributed by atoms with van der Waals surface area (Å²) in [6.07, 6.45) is 28.8. The molecule has 6 rings (SSSR count). The standard InChI is InChI=1S/C52H53NO/c1-8-11-12-23-38(4)24-17-30-43(10-3)53(49-36-20-26-41-25-13-14-31-44(41)49)37-21-29-40(22-9-2)45-33-18-27-42-28-19-35-48-50(39(5)54-51(42)45)46-32-15-16-34-47(46)52(48,6)7/h9-23,25-27,29-36H,2,5,8,24,28,37H2,1,3-4,6-7H3/b12-11-,29-21-,30-17-,35-19-,38-23+,40-22+,43-10+. The zero-order chi connectivity index (χ0) is 38.1. The van der Waals surface area contributed by atoms with E-state index < -0.39 is 0 Å². The Bertz CT molecular complexity index is 2290. The first-order chi connectivity index (χ1) is 26.3. The monoisotopic (exact) mass is 707 g/mol. The first kappa shape index (κ1) is 37.9. The molecule has 2 nitrogen and oxygen atoms in total. The summed E-state index contributed by atoms with van der Waals surface area (Å²) in [4.78, 5) is 2.40. The lowest BCUT2D eigenvalue weighted by molar-refractivity contribution is 0.446. The van der Waals surface area contributed by atoms with E-state index in [4.69, 9.17) is 4.74 Å². The average molecular weight is 708 g/mol. The van der Waals surface area contributed by atoms with Gasteiger partial charge >= 0.3 is 0 Å². The number of ether oxygens (including phenoxy) is 1. The highest BCUT2D eigenvalue weighted by atomic mass is 16.5. The molecular formula is C52H53NO. The van der Waals surface area contributed by atoms with Crippen LogP contribution in [0.5, 0.6) is 5.75 Å². The molecule has 0 N–H and O–H groups in total. The Hall–Kier alpha value is -5.86. The smallest absolute Gasteiger partial charge is 0.138 e.